The molecule has 3 heterocycles. The van der Waals surface area contributed by atoms with E-state index in [2.05, 4.69) is 26.7 Å². The number of hydrogen-bond donors (Lipinski definition) is 3. The summed E-state index contributed by atoms with van der Waals surface area (Å²) in [6.45, 7) is 1.42. The number of para-hydroxylation sites is 1. The molecule has 2 aromatic carbocycles. The number of ether oxygens (including phenoxy) is 1. The molecule has 0 aliphatic carbocycles. The van der Waals surface area contributed by atoms with Gasteiger partial charge in [0.25, 0.3) is 0 Å². The number of H-pyrrole nitrogens is 1. The third-order valence-corrected chi connectivity index (χ3v) is 6.26. The molecule has 0 unspecified atom stereocenters. The van der Waals surface area contributed by atoms with Gasteiger partial charge >= 0.3 is 0 Å². The van der Waals surface area contributed by atoms with Crippen LogP contribution in [0.5, 0.6) is 0 Å². The van der Waals surface area contributed by atoms with Gasteiger partial charge in [0.2, 0.25) is 5.91 Å². The molecule has 0 radical (unpaired) electrons. The molecule has 0 fully saturated rings. The quantitative estimate of drug-likeness (QED) is 0.290. The highest BCUT2D eigenvalue weighted by atomic mass is 16.5. The fourth-order valence-electron chi connectivity index (χ4n) is 4.60. The van der Waals surface area contributed by atoms with Crippen molar-refractivity contribution >= 4 is 44.6 Å². The van der Waals surface area contributed by atoms with Crippen LogP contribution in [0.4, 0.5) is 5.82 Å². The summed E-state index contributed by atoms with van der Waals surface area (Å²) in [6, 6.07) is 15.6. The van der Waals surface area contributed by atoms with Crippen molar-refractivity contribution in [1.82, 2.24) is 19.5 Å². The fourth-order valence-corrected chi connectivity index (χ4v) is 4.60. The van der Waals surface area contributed by atoms with Crippen LogP contribution in [0.2, 0.25) is 0 Å². The monoisotopic (exact) mass is 456 g/mol. The van der Waals surface area contributed by atoms with Crippen molar-refractivity contribution in [2.75, 3.05) is 19.5 Å². The minimum Gasteiger partial charge on any atom is -0.384 e. The Kier molecular flexibility index (Phi) is 5.90. The molecule has 0 spiro atoms. The van der Waals surface area contributed by atoms with Gasteiger partial charge in [-0.2, -0.15) is 0 Å². The third kappa shape index (κ3) is 4.08. The molecule has 0 aliphatic rings. The van der Waals surface area contributed by atoms with Crippen molar-refractivity contribution in [3.8, 4) is 0 Å². The molecular formula is C26H28N6O2. The van der Waals surface area contributed by atoms with Crippen molar-refractivity contribution in [2.45, 2.75) is 32.2 Å². The van der Waals surface area contributed by atoms with Crippen molar-refractivity contribution in [3.63, 3.8) is 0 Å². The number of nitrogen functional groups attached to an aromatic ring is 1. The predicted molar refractivity (Wildman–Crippen MR) is 135 cm³/mol. The van der Waals surface area contributed by atoms with Crippen molar-refractivity contribution < 1.29 is 9.53 Å². The lowest BCUT2D eigenvalue weighted by Gasteiger charge is -2.11. The number of imidazole rings is 1. The first-order chi connectivity index (χ1) is 16.5. The number of rotatable bonds is 9. The molecule has 0 saturated carbocycles. The van der Waals surface area contributed by atoms with Crippen LogP contribution in [0, 0.1) is 0 Å². The highest BCUT2D eigenvalue weighted by molar-refractivity contribution is 6.06. The first-order valence-electron chi connectivity index (χ1n) is 11.5. The average molecular weight is 457 g/mol. The van der Waals surface area contributed by atoms with Crippen LogP contribution in [0.1, 0.15) is 34.7 Å². The summed E-state index contributed by atoms with van der Waals surface area (Å²) in [7, 11) is 1.70. The number of anilines is 1. The molecule has 174 valence electrons. The standard InChI is InChI=1S/C26H28N6O2/c1-34-13-11-22-31-23-24(19-7-2-3-8-21(19)30-25(23)27)32(22)12-5-4-6-18-15-17-14-16(26(28)33)9-10-20(17)29-18/h2-3,7-10,14-15,29H,4-6,11-13H2,1H3,(H2,27,30)(H2,28,33). The molecule has 34 heavy (non-hydrogen) atoms. The number of methoxy groups -OCH3 is 1. The Hall–Kier alpha value is -3.91. The zero-order chi connectivity index (χ0) is 23.7. The molecule has 0 aliphatic heterocycles. The topological polar surface area (TPSA) is 125 Å². The number of carbonyl (C=O) groups excluding carboxylic acids is 1. The maximum absolute atomic E-state index is 11.4. The number of aromatic nitrogens is 4. The molecule has 8 nitrogen and oxygen atoms in total. The van der Waals surface area contributed by atoms with Crippen molar-refractivity contribution in [2.24, 2.45) is 5.73 Å². The van der Waals surface area contributed by atoms with Gasteiger partial charge in [-0.25, -0.2) is 9.97 Å². The number of aryl methyl sites for hydroxylation is 2. The van der Waals surface area contributed by atoms with E-state index in [0.717, 1.165) is 70.2 Å². The Morgan fingerprint density at radius 2 is 1.94 bits per heavy atom. The Bertz CT molecular complexity index is 1500. The van der Waals surface area contributed by atoms with Gasteiger partial charge in [0, 0.05) is 47.6 Å². The number of nitrogens with zero attached hydrogens (tertiary/aromatic N) is 3. The van der Waals surface area contributed by atoms with Gasteiger partial charge in [-0.1, -0.05) is 18.2 Å². The molecule has 0 atom stereocenters. The van der Waals surface area contributed by atoms with Gasteiger partial charge in [0.1, 0.15) is 11.3 Å². The zero-order valence-corrected chi connectivity index (χ0v) is 19.2. The number of fused-ring (bicyclic) bond motifs is 4. The fraction of sp³-hybridized carbons (Fsp3) is 0.269. The number of primary amides is 1. The molecule has 3 aromatic heterocycles. The van der Waals surface area contributed by atoms with Gasteiger partial charge in [-0.05, 0) is 49.6 Å². The second kappa shape index (κ2) is 9.15. The molecule has 0 bridgehead atoms. The lowest BCUT2D eigenvalue weighted by Crippen LogP contribution is -2.10. The number of benzene rings is 2. The number of aromatic amines is 1. The highest BCUT2D eigenvalue weighted by Gasteiger charge is 2.17. The number of amides is 1. The summed E-state index contributed by atoms with van der Waals surface area (Å²) >= 11 is 0. The zero-order valence-electron chi connectivity index (χ0n) is 19.2. The molecule has 5 rings (SSSR count). The minimum atomic E-state index is -0.412. The Labute approximate surface area is 196 Å². The number of carbonyl (C=O) groups is 1. The van der Waals surface area contributed by atoms with Crippen LogP contribution in [-0.2, 0) is 24.1 Å². The van der Waals surface area contributed by atoms with E-state index >= 15 is 0 Å². The van der Waals surface area contributed by atoms with Crippen molar-refractivity contribution in [3.05, 3.63) is 65.6 Å². The molecule has 1 amide bonds. The van der Waals surface area contributed by atoms with Crippen LogP contribution < -0.4 is 11.5 Å². The number of hydrogen-bond acceptors (Lipinski definition) is 5. The van der Waals surface area contributed by atoms with E-state index in [4.69, 9.17) is 21.2 Å². The Morgan fingerprint density at radius 1 is 1.09 bits per heavy atom. The SMILES string of the molecule is COCCc1nc2c(N)nc3ccccc3c2n1CCCCc1cc2cc(C(N)=O)ccc2[nH]1. The van der Waals surface area contributed by atoms with Crippen molar-refractivity contribution in [1.29, 1.82) is 0 Å². The average Bonchev–Trinajstić information content (AvgIpc) is 3.41. The molecular weight excluding hydrogens is 428 g/mol. The summed E-state index contributed by atoms with van der Waals surface area (Å²) in [5.74, 6) is 1.01. The van der Waals surface area contributed by atoms with E-state index in [1.807, 2.05) is 30.3 Å². The van der Waals surface area contributed by atoms with Gasteiger partial charge in [0.05, 0.1) is 17.6 Å². The van der Waals surface area contributed by atoms with E-state index in [1.165, 1.54) is 0 Å². The maximum Gasteiger partial charge on any atom is 0.248 e. The normalized spacial score (nSPS) is 11.7. The van der Waals surface area contributed by atoms with Gasteiger partial charge in [0.15, 0.2) is 5.82 Å². The Balaban J connectivity index is 1.38. The van der Waals surface area contributed by atoms with Gasteiger partial charge in [-0.3, -0.25) is 4.79 Å². The second-order valence-corrected chi connectivity index (χ2v) is 8.55. The highest BCUT2D eigenvalue weighted by Crippen LogP contribution is 2.29. The molecule has 5 N–H and O–H groups in total. The lowest BCUT2D eigenvalue weighted by molar-refractivity contribution is 0.100. The maximum atomic E-state index is 11.4. The van der Waals surface area contributed by atoms with E-state index in [0.29, 0.717) is 24.4 Å². The van der Waals surface area contributed by atoms with E-state index < -0.39 is 5.91 Å². The van der Waals surface area contributed by atoms with Crippen LogP contribution >= 0.6 is 0 Å². The minimum absolute atomic E-state index is 0.412. The van der Waals surface area contributed by atoms with E-state index in [-0.39, 0.29) is 0 Å². The first-order valence-corrected chi connectivity index (χ1v) is 11.5. The second-order valence-electron chi connectivity index (χ2n) is 8.55. The molecule has 8 heteroatoms. The number of nitrogens with two attached hydrogens (primary N) is 2. The number of nitrogens with one attached hydrogen (secondary N) is 1. The largest absolute Gasteiger partial charge is 0.384 e. The molecule has 5 aromatic rings. The van der Waals surface area contributed by atoms with Gasteiger partial charge < -0.3 is 25.8 Å². The Morgan fingerprint density at radius 3 is 2.76 bits per heavy atom. The van der Waals surface area contributed by atoms with Crippen LogP contribution in [0.25, 0.3) is 32.8 Å². The molecule has 0 saturated heterocycles. The summed E-state index contributed by atoms with van der Waals surface area (Å²) in [5.41, 5.74) is 17.0. The van der Waals surface area contributed by atoms with Gasteiger partial charge in [-0.15, -0.1) is 0 Å². The predicted octanol–water partition coefficient (Wildman–Crippen LogP) is 3.96. The van der Waals surface area contributed by atoms with Crippen LogP contribution in [0.3, 0.4) is 0 Å². The third-order valence-electron chi connectivity index (χ3n) is 6.26. The smallest absolute Gasteiger partial charge is 0.248 e. The van der Waals surface area contributed by atoms with E-state index in [9.17, 15) is 4.79 Å². The van der Waals surface area contributed by atoms with E-state index in [1.54, 1.807) is 13.2 Å². The number of pyridine rings is 1. The van der Waals surface area contributed by atoms with Crippen LogP contribution in [-0.4, -0.2) is 39.1 Å². The summed E-state index contributed by atoms with van der Waals surface area (Å²) in [5, 5.41) is 2.06. The number of unbranched alkanes of at least 4 members (excludes halogenated alkanes) is 1. The summed E-state index contributed by atoms with van der Waals surface area (Å²) < 4.78 is 7.59. The summed E-state index contributed by atoms with van der Waals surface area (Å²) in [4.78, 5) is 24.3. The lowest BCUT2D eigenvalue weighted by atomic mass is 10.1. The first kappa shape index (κ1) is 21.9. The summed E-state index contributed by atoms with van der Waals surface area (Å²) in [6.07, 6.45) is 3.59. The van der Waals surface area contributed by atoms with Crippen LogP contribution in [0.15, 0.2) is 48.5 Å².